The quantitative estimate of drug-likeness (QED) is 0.628. The molecule has 0 unspecified atom stereocenters. The van der Waals surface area contributed by atoms with Crippen molar-refractivity contribution in [2.45, 2.75) is 0 Å². The van der Waals surface area contributed by atoms with Crippen molar-refractivity contribution in [2.75, 3.05) is 7.05 Å². The van der Waals surface area contributed by atoms with Crippen LogP contribution in [0.1, 0.15) is 0 Å². The highest BCUT2D eigenvalue weighted by Crippen LogP contribution is 2.17. The average Bonchev–Trinajstić information content (AvgIpc) is 2.73. The predicted octanol–water partition coefficient (Wildman–Crippen LogP) is 1.33. The number of benzene rings is 1. The number of hydrogen-bond donors (Lipinski definition) is 0. The van der Waals surface area contributed by atoms with E-state index in [0.29, 0.717) is 0 Å². The number of likely N-dealkylation sites (N-methyl/N-ethyl adjacent to an activating group) is 1. The van der Waals surface area contributed by atoms with Crippen LogP contribution in [0.15, 0.2) is 65.1 Å². The van der Waals surface area contributed by atoms with Crippen molar-refractivity contribution in [1.82, 2.24) is 4.90 Å². The second-order valence-corrected chi connectivity index (χ2v) is 3.90. The molecule has 0 spiro atoms. The number of rotatable bonds is 0. The van der Waals surface area contributed by atoms with Gasteiger partial charge in [-0.3, -0.25) is 0 Å². The number of allylic oxidation sites excluding steroid dienone is 4. The SMILES string of the molecule is CN1C=CC=C/C1=C1\C=c2ccccc2=N1. The Bertz CT molecular complexity index is 596. The number of hydrogen-bond acceptors (Lipinski definition) is 2. The summed E-state index contributed by atoms with van der Waals surface area (Å²) < 4.78 is 0. The Hall–Kier alpha value is -2.09. The van der Waals surface area contributed by atoms with Crippen LogP contribution in [0.4, 0.5) is 0 Å². The molecule has 0 atom stereocenters. The molecule has 16 heavy (non-hydrogen) atoms. The monoisotopic (exact) mass is 208 g/mol. The van der Waals surface area contributed by atoms with Crippen LogP contribution in [-0.4, -0.2) is 11.9 Å². The molecule has 0 aromatic heterocycles. The summed E-state index contributed by atoms with van der Waals surface area (Å²) in [4.78, 5) is 6.71. The van der Waals surface area contributed by atoms with Gasteiger partial charge in [0, 0.05) is 18.5 Å². The minimum atomic E-state index is 1.03. The van der Waals surface area contributed by atoms with Crippen molar-refractivity contribution in [3.05, 3.63) is 70.7 Å². The minimum Gasteiger partial charge on any atom is -0.349 e. The standard InChI is InChI=1S/C14H12N2/c1-16-9-5-4-8-14(16)13-10-11-6-2-3-7-12(11)15-13/h2-10H,1H3/b14-13-. The Kier molecular flexibility index (Phi) is 2.00. The molecule has 0 fully saturated rings. The smallest absolute Gasteiger partial charge is 0.0880 e. The largest absolute Gasteiger partial charge is 0.349 e. The summed E-state index contributed by atoms with van der Waals surface area (Å²) in [5, 5.41) is 2.25. The van der Waals surface area contributed by atoms with Gasteiger partial charge in [-0.1, -0.05) is 24.3 Å². The number of para-hydroxylation sites is 1. The molecule has 78 valence electrons. The van der Waals surface area contributed by atoms with Gasteiger partial charge in [-0.05, 0) is 24.3 Å². The zero-order valence-corrected chi connectivity index (χ0v) is 9.09. The first-order valence-electron chi connectivity index (χ1n) is 5.32. The maximum Gasteiger partial charge on any atom is 0.0880 e. The second-order valence-electron chi connectivity index (χ2n) is 3.90. The molecule has 2 heteroatoms. The zero-order chi connectivity index (χ0) is 11.0. The van der Waals surface area contributed by atoms with E-state index in [1.165, 1.54) is 5.22 Å². The lowest BCUT2D eigenvalue weighted by Gasteiger charge is -2.18. The summed E-state index contributed by atoms with van der Waals surface area (Å²) in [6.07, 6.45) is 10.3. The van der Waals surface area contributed by atoms with Gasteiger partial charge in [0.2, 0.25) is 0 Å². The Labute approximate surface area is 94.2 Å². The van der Waals surface area contributed by atoms with E-state index >= 15 is 0 Å². The number of nitrogens with zero attached hydrogens (tertiary/aromatic N) is 2. The lowest BCUT2D eigenvalue weighted by molar-refractivity contribution is 0.578. The predicted molar refractivity (Wildman–Crippen MR) is 64.8 cm³/mol. The third-order valence-electron chi connectivity index (χ3n) is 2.79. The van der Waals surface area contributed by atoms with Gasteiger partial charge in [-0.2, -0.15) is 0 Å². The summed E-state index contributed by atoms with van der Waals surface area (Å²) >= 11 is 0. The van der Waals surface area contributed by atoms with Gasteiger partial charge in [0.25, 0.3) is 0 Å². The first kappa shape index (κ1) is 9.16. The highest BCUT2D eigenvalue weighted by Gasteiger charge is 2.09. The molecule has 2 nitrogen and oxygen atoms in total. The van der Waals surface area contributed by atoms with Gasteiger partial charge in [0.1, 0.15) is 0 Å². The van der Waals surface area contributed by atoms with E-state index in [9.17, 15) is 0 Å². The Morgan fingerprint density at radius 1 is 1.12 bits per heavy atom. The Morgan fingerprint density at radius 2 is 2.00 bits per heavy atom. The van der Waals surface area contributed by atoms with Gasteiger partial charge in [0.05, 0.1) is 16.8 Å². The summed E-state index contributed by atoms with van der Waals surface area (Å²) in [6, 6.07) is 8.19. The summed E-state index contributed by atoms with van der Waals surface area (Å²) in [5.74, 6) is 0. The Balaban J connectivity index is 2.19. The normalized spacial score (nSPS) is 21.7. The van der Waals surface area contributed by atoms with E-state index in [1.54, 1.807) is 0 Å². The molecule has 0 radical (unpaired) electrons. The lowest BCUT2D eigenvalue weighted by Crippen LogP contribution is -2.19. The molecule has 1 aromatic rings. The molecule has 0 N–H and O–H groups in total. The van der Waals surface area contributed by atoms with Gasteiger partial charge >= 0.3 is 0 Å². The summed E-state index contributed by atoms with van der Waals surface area (Å²) in [5.41, 5.74) is 2.17. The first-order valence-corrected chi connectivity index (χ1v) is 5.32. The highest BCUT2D eigenvalue weighted by molar-refractivity contribution is 5.54. The molecule has 3 rings (SSSR count). The third-order valence-corrected chi connectivity index (χ3v) is 2.79. The van der Waals surface area contributed by atoms with Crippen LogP contribution in [-0.2, 0) is 0 Å². The van der Waals surface area contributed by atoms with Crippen molar-refractivity contribution in [1.29, 1.82) is 0 Å². The molecule has 2 heterocycles. The van der Waals surface area contributed by atoms with E-state index in [-0.39, 0.29) is 0 Å². The summed E-state index contributed by atoms with van der Waals surface area (Å²) in [7, 11) is 2.04. The van der Waals surface area contributed by atoms with Crippen LogP contribution in [0.25, 0.3) is 6.08 Å². The van der Waals surface area contributed by atoms with E-state index in [0.717, 1.165) is 16.8 Å². The third kappa shape index (κ3) is 1.39. The highest BCUT2D eigenvalue weighted by atomic mass is 15.1. The lowest BCUT2D eigenvalue weighted by atomic mass is 10.2. The van der Waals surface area contributed by atoms with E-state index < -0.39 is 0 Å². The van der Waals surface area contributed by atoms with Crippen LogP contribution in [0, 0.1) is 0 Å². The molecule has 2 aliphatic heterocycles. The van der Waals surface area contributed by atoms with Crippen LogP contribution < -0.4 is 10.6 Å². The van der Waals surface area contributed by atoms with Crippen molar-refractivity contribution in [2.24, 2.45) is 4.99 Å². The molecule has 0 saturated carbocycles. The van der Waals surface area contributed by atoms with Crippen molar-refractivity contribution >= 4 is 6.08 Å². The zero-order valence-electron chi connectivity index (χ0n) is 9.09. The van der Waals surface area contributed by atoms with E-state index in [2.05, 4.69) is 28.1 Å². The average molecular weight is 208 g/mol. The molecular formula is C14H12N2. The van der Waals surface area contributed by atoms with Crippen molar-refractivity contribution in [3.63, 3.8) is 0 Å². The van der Waals surface area contributed by atoms with E-state index in [1.807, 2.05) is 43.6 Å². The van der Waals surface area contributed by atoms with Gasteiger partial charge in [0.15, 0.2) is 0 Å². The van der Waals surface area contributed by atoms with Gasteiger partial charge in [-0.25, -0.2) is 4.99 Å². The maximum absolute atomic E-state index is 4.62. The molecule has 0 bridgehead atoms. The second kappa shape index (κ2) is 3.49. The minimum absolute atomic E-state index is 1.03. The molecule has 0 amide bonds. The van der Waals surface area contributed by atoms with Crippen LogP contribution in [0.2, 0.25) is 0 Å². The fraction of sp³-hybridized carbons (Fsp3) is 0.0714. The Morgan fingerprint density at radius 3 is 2.81 bits per heavy atom. The van der Waals surface area contributed by atoms with Crippen LogP contribution >= 0.6 is 0 Å². The molecule has 0 saturated heterocycles. The maximum atomic E-state index is 4.62. The fourth-order valence-corrected chi connectivity index (χ4v) is 1.94. The van der Waals surface area contributed by atoms with Gasteiger partial charge in [-0.15, -0.1) is 0 Å². The van der Waals surface area contributed by atoms with Crippen molar-refractivity contribution in [3.8, 4) is 0 Å². The van der Waals surface area contributed by atoms with Crippen LogP contribution in [0.5, 0.6) is 0 Å². The first-order chi connectivity index (χ1) is 7.84. The molecule has 1 aromatic carbocycles. The van der Waals surface area contributed by atoms with Crippen LogP contribution in [0.3, 0.4) is 0 Å². The van der Waals surface area contributed by atoms with Crippen molar-refractivity contribution < 1.29 is 0 Å². The van der Waals surface area contributed by atoms with Gasteiger partial charge < -0.3 is 4.90 Å². The topological polar surface area (TPSA) is 15.6 Å². The number of fused-ring (bicyclic) bond motifs is 1. The van der Waals surface area contributed by atoms with E-state index in [4.69, 9.17) is 0 Å². The molecular weight excluding hydrogens is 196 g/mol. The molecule has 0 aliphatic carbocycles. The molecule has 2 aliphatic rings. The summed E-state index contributed by atoms with van der Waals surface area (Å²) in [6.45, 7) is 0. The fourth-order valence-electron chi connectivity index (χ4n) is 1.94.